The van der Waals surface area contributed by atoms with Crippen LogP contribution in [0.25, 0.3) is 0 Å². The number of ether oxygens (including phenoxy) is 1. The smallest absolute Gasteiger partial charge is 0.307 e. The molecule has 0 bridgehead atoms. The molecule has 1 heterocycles. The van der Waals surface area contributed by atoms with Crippen LogP contribution in [0.5, 0.6) is 0 Å². The summed E-state index contributed by atoms with van der Waals surface area (Å²) in [5, 5.41) is 3.54. The minimum absolute atomic E-state index is 0.00638. The lowest BCUT2D eigenvalue weighted by molar-refractivity contribution is -0.145. The molecule has 0 aliphatic carbocycles. The van der Waals surface area contributed by atoms with Gasteiger partial charge in [-0.3, -0.25) is 9.59 Å². The zero-order valence-corrected chi connectivity index (χ0v) is 17.7. The number of nitrogens with zero attached hydrogens (tertiary/aromatic N) is 1. The van der Waals surface area contributed by atoms with Crippen LogP contribution in [0.4, 0.5) is 0 Å². The summed E-state index contributed by atoms with van der Waals surface area (Å²) in [6, 6.07) is 20.2. The Balaban J connectivity index is 1.73. The maximum atomic E-state index is 12.9. The summed E-state index contributed by atoms with van der Waals surface area (Å²) in [5.41, 5.74) is 3.06. The van der Waals surface area contributed by atoms with Gasteiger partial charge < -0.3 is 15.0 Å². The second-order valence-electron chi connectivity index (χ2n) is 7.37. The molecule has 2 aromatic rings. The van der Waals surface area contributed by atoms with E-state index in [0.29, 0.717) is 13.2 Å². The Hall–Kier alpha value is -2.92. The van der Waals surface area contributed by atoms with Gasteiger partial charge in [0.05, 0.1) is 19.1 Å². The van der Waals surface area contributed by atoms with E-state index in [1.165, 1.54) is 5.56 Å². The van der Waals surface area contributed by atoms with Crippen molar-refractivity contribution in [2.45, 2.75) is 45.3 Å². The largest absolute Gasteiger partial charge is 0.466 e. The van der Waals surface area contributed by atoms with Gasteiger partial charge in [0.2, 0.25) is 0 Å². The molecule has 1 N–H and O–H groups in total. The number of carbonyl (C=O) groups is 2. The van der Waals surface area contributed by atoms with Crippen molar-refractivity contribution in [2.24, 2.45) is 0 Å². The average molecular weight is 407 g/mol. The number of likely N-dealkylation sites (tertiary alicyclic amines) is 1. The number of esters is 1. The quantitative estimate of drug-likeness (QED) is 0.368. The van der Waals surface area contributed by atoms with Gasteiger partial charge in [-0.15, -0.1) is 0 Å². The number of rotatable bonds is 10. The van der Waals surface area contributed by atoms with Crippen LogP contribution in [0.2, 0.25) is 0 Å². The summed E-state index contributed by atoms with van der Waals surface area (Å²) in [6.45, 7) is 5.36. The second-order valence-corrected chi connectivity index (χ2v) is 7.37. The molecular weight excluding hydrogens is 376 g/mol. The number of hydrogen-bond donors (Lipinski definition) is 1. The highest BCUT2D eigenvalue weighted by atomic mass is 16.5. The normalized spacial score (nSPS) is 18.2. The van der Waals surface area contributed by atoms with Crippen molar-refractivity contribution in [3.8, 4) is 0 Å². The molecule has 5 nitrogen and oxygen atoms in total. The van der Waals surface area contributed by atoms with Crippen LogP contribution in [-0.4, -0.2) is 36.0 Å². The molecule has 158 valence electrons. The van der Waals surface area contributed by atoms with Gasteiger partial charge in [-0.1, -0.05) is 73.7 Å². The van der Waals surface area contributed by atoms with Gasteiger partial charge in [0.15, 0.2) is 0 Å². The monoisotopic (exact) mass is 406 g/mol. The highest BCUT2D eigenvalue weighted by molar-refractivity contribution is 6.02. The van der Waals surface area contributed by atoms with Gasteiger partial charge in [0, 0.05) is 24.7 Å². The molecule has 2 atom stereocenters. The van der Waals surface area contributed by atoms with Crippen LogP contribution in [0.3, 0.4) is 0 Å². The summed E-state index contributed by atoms with van der Waals surface area (Å²) in [4.78, 5) is 26.5. The maximum absolute atomic E-state index is 12.9. The van der Waals surface area contributed by atoms with Crippen LogP contribution < -0.4 is 5.32 Å². The van der Waals surface area contributed by atoms with Crippen LogP contribution >= 0.6 is 0 Å². The number of carbonyl (C=O) groups excluding carboxylic acids is 2. The Bertz CT molecular complexity index is 864. The van der Waals surface area contributed by atoms with E-state index in [-0.39, 0.29) is 30.4 Å². The second kappa shape index (κ2) is 10.7. The van der Waals surface area contributed by atoms with Gasteiger partial charge in [0.1, 0.15) is 0 Å². The number of amides is 1. The van der Waals surface area contributed by atoms with E-state index in [0.717, 1.165) is 24.1 Å². The summed E-state index contributed by atoms with van der Waals surface area (Å²) < 4.78 is 5.02. The third kappa shape index (κ3) is 5.36. The molecule has 0 spiro atoms. The molecule has 1 aliphatic rings. The lowest BCUT2D eigenvalue weighted by Crippen LogP contribution is -2.50. The summed E-state index contributed by atoms with van der Waals surface area (Å²) in [7, 11) is 0. The molecular formula is C25H30N2O3. The third-order valence-corrected chi connectivity index (χ3v) is 5.32. The molecule has 3 rings (SSSR count). The highest BCUT2D eigenvalue weighted by Gasteiger charge is 2.42. The molecule has 1 aliphatic heterocycles. The molecule has 5 heteroatoms. The van der Waals surface area contributed by atoms with E-state index in [1.54, 1.807) is 11.8 Å². The van der Waals surface area contributed by atoms with Crippen molar-refractivity contribution in [3.63, 3.8) is 0 Å². The zero-order chi connectivity index (χ0) is 21.3. The zero-order valence-electron chi connectivity index (χ0n) is 17.7. The first kappa shape index (κ1) is 21.8. The van der Waals surface area contributed by atoms with E-state index in [4.69, 9.17) is 4.74 Å². The van der Waals surface area contributed by atoms with Gasteiger partial charge in [-0.25, -0.2) is 0 Å². The topological polar surface area (TPSA) is 58.6 Å². The Morgan fingerprint density at radius 1 is 1.10 bits per heavy atom. The lowest BCUT2D eigenvalue weighted by atomic mass is 9.86. The van der Waals surface area contributed by atoms with E-state index >= 15 is 0 Å². The predicted octanol–water partition coefficient (Wildman–Crippen LogP) is 4.02. The maximum Gasteiger partial charge on any atom is 0.307 e. The first-order valence-electron chi connectivity index (χ1n) is 10.6. The fourth-order valence-corrected chi connectivity index (χ4v) is 3.72. The highest BCUT2D eigenvalue weighted by Crippen LogP contribution is 2.40. The molecule has 0 unspecified atom stereocenters. The molecule has 2 aromatic carbocycles. The molecule has 0 radical (unpaired) electrons. The van der Waals surface area contributed by atoms with Crippen LogP contribution in [0.1, 0.15) is 43.9 Å². The Morgan fingerprint density at radius 3 is 2.40 bits per heavy atom. The summed E-state index contributed by atoms with van der Waals surface area (Å²) >= 11 is 0. The minimum Gasteiger partial charge on any atom is -0.466 e. The molecule has 0 saturated carbocycles. The minimum atomic E-state index is -0.273. The fraction of sp³-hybridized carbons (Fsp3) is 0.360. The fourth-order valence-electron chi connectivity index (χ4n) is 3.72. The molecule has 0 aromatic heterocycles. The number of nitrogens with one attached hydrogen (secondary N) is 1. The first-order valence-corrected chi connectivity index (χ1v) is 10.6. The van der Waals surface area contributed by atoms with Crippen LogP contribution in [0.15, 0.2) is 72.3 Å². The van der Waals surface area contributed by atoms with Crippen molar-refractivity contribution in [3.05, 3.63) is 83.4 Å². The van der Waals surface area contributed by atoms with Gasteiger partial charge in [-0.2, -0.15) is 0 Å². The van der Waals surface area contributed by atoms with Crippen molar-refractivity contribution < 1.29 is 14.3 Å². The number of benzene rings is 2. The summed E-state index contributed by atoms with van der Waals surface area (Å²) in [6.07, 6.45) is 3.15. The molecule has 1 amide bonds. The molecule has 1 fully saturated rings. The van der Waals surface area contributed by atoms with E-state index in [9.17, 15) is 9.59 Å². The first-order chi connectivity index (χ1) is 14.6. The standard InChI is InChI=1S/C25H30N2O3/c1-3-21(26-18-19-11-7-5-8-12-19)17-22-24(20-13-9-6-10-14-20)27(25(22)29)16-15-23(28)30-4-2/h5-14,17,21,24,26H,3-4,15-16,18H2,1-2H3/b22-17+/t21-,24+/m0/s1. The van der Waals surface area contributed by atoms with Crippen molar-refractivity contribution >= 4 is 11.9 Å². The van der Waals surface area contributed by atoms with Crippen molar-refractivity contribution in [1.29, 1.82) is 0 Å². The number of β-lactam (4-membered cyclic amide) rings is 1. The third-order valence-electron chi connectivity index (χ3n) is 5.32. The SMILES string of the molecule is CCOC(=O)CCN1C(=O)/C(=C/[C@H](CC)NCc2ccccc2)[C@H]1c1ccccc1. The number of hydrogen-bond acceptors (Lipinski definition) is 4. The van der Waals surface area contributed by atoms with Crippen molar-refractivity contribution in [1.82, 2.24) is 10.2 Å². The van der Waals surface area contributed by atoms with E-state index in [1.807, 2.05) is 48.5 Å². The lowest BCUT2D eigenvalue weighted by Gasteiger charge is -2.43. The summed E-state index contributed by atoms with van der Waals surface area (Å²) in [5.74, 6) is -0.279. The van der Waals surface area contributed by atoms with Crippen LogP contribution in [0, 0.1) is 0 Å². The molecule has 1 saturated heterocycles. The predicted molar refractivity (Wildman–Crippen MR) is 118 cm³/mol. The average Bonchev–Trinajstić information content (AvgIpc) is 2.78. The Labute approximate surface area is 178 Å². The Kier molecular flexibility index (Phi) is 7.80. The van der Waals surface area contributed by atoms with E-state index < -0.39 is 0 Å². The van der Waals surface area contributed by atoms with Gasteiger partial charge in [-0.05, 0) is 24.5 Å². The van der Waals surface area contributed by atoms with Gasteiger partial charge in [0.25, 0.3) is 5.91 Å². The molecule has 30 heavy (non-hydrogen) atoms. The van der Waals surface area contributed by atoms with Gasteiger partial charge >= 0.3 is 5.97 Å². The Morgan fingerprint density at radius 2 is 1.77 bits per heavy atom. The van der Waals surface area contributed by atoms with Crippen molar-refractivity contribution in [2.75, 3.05) is 13.2 Å². The van der Waals surface area contributed by atoms with E-state index in [2.05, 4.69) is 30.4 Å². The van der Waals surface area contributed by atoms with Crippen LogP contribution in [-0.2, 0) is 20.9 Å².